The van der Waals surface area contributed by atoms with Crippen molar-refractivity contribution in [1.82, 2.24) is 5.32 Å². The minimum Gasteiger partial charge on any atom is -0.464 e. The predicted molar refractivity (Wildman–Crippen MR) is 72.7 cm³/mol. The van der Waals surface area contributed by atoms with E-state index in [1.807, 2.05) is 6.07 Å². The standard InChI is InChI=1S/C15H19NO2/c1-15(2,3)11-5-6-13-12(8-11)10(9-18-13)7-14(17)16-4/h5-6,8-9H,7H2,1-4H3,(H,16,17). The molecule has 0 bridgehead atoms. The van der Waals surface area contributed by atoms with Crippen molar-refractivity contribution in [2.45, 2.75) is 32.6 Å². The van der Waals surface area contributed by atoms with Crippen LogP contribution in [0.15, 0.2) is 28.9 Å². The van der Waals surface area contributed by atoms with Gasteiger partial charge in [-0.05, 0) is 23.1 Å². The van der Waals surface area contributed by atoms with Gasteiger partial charge in [-0.15, -0.1) is 0 Å². The molecular weight excluding hydrogens is 226 g/mol. The fraction of sp³-hybridized carbons (Fsp3) is 0.400. The van der Waals surface area contributed by atoms with E-state index in [4.69, 9.17) is 4.42 Å². The van der Waals surface area contributed by atoms with Crippen molar-refractivity contribution < 1.29 is 9.21 Å². The van der Waals surface area contributed by atoms with Gasteiger partial charge in [0, 0.05) is 18.0 Å². The number of hydrogen-bond acceptors (Lipinski definition) is 2. The number of hydrogen-bond donors (Lipinski definition) is 1. The molecule has 1 aromatic heterocycles. The van der Waals surface area contributed by atoms with Crippen LogP contribution in [0.2, 0.25) is 0 Å². The first-order valence-electron chi connectivity index (χ1n) is 6.13. The van der Waals surface area contributed by atoms with Gasteiger partial charge in [-0.3, -0.25) is 4.79 Å². The van der Waals surface area contributed by atoms with Gasteiger partial charge < -0.3 is 9.73 Å². The third-order valence-electron chi connectivity index (χ3n) is 3.15. The Balaban J connectivity index is 2.47. The third-order valence-corrected chi connectivity index (χ3v) is 3.15. The summed E-state index contributed by atoms with van der Waals surface area (Å²) in [6.45, 7) is 6.52. The third kappa shape index (κ3) is 2.40. The quantitative estimate of drug-likeness (QED) is 0.883. The molecule has 0 saturated heterocycles. The first-order chi connectivity index (χ1) is 8.41. The van der Waals surface area contributed by atoms with E-state index in [-0.39, 0.29) is 11.3 Å². The zero-order valence-electron chi connectivity index (χ0n) is 11.3. The molecule has 3 nitrogen and oxygen atoms in total. The second-order valence-electron chi connectivity index (χ2n) is 5.57. The second kappa shape index (κ2) is 4.48. The molecular formula is C15H19NO2. The number of furan rings is 1. The Morgan fingerprint density at radius 3 is 2.67 bits per heavy atom. The van der Waals surface area contributed by atoms with Crippen LogP contribution in [0, 0.1) is 0 Å². The van der Waals surface area contributed by atoms with E-state index in [1.54, 1.807) is 13.3 Å². The van der Waals surface area contributed by atoms with Gasteiger partial charge in [0.1, 0.15) is 5.58 Å². The van der Waals surface area contributed by atoms with Gasteiger partial charge in [-0.25, -0.2) is 0 Å². The van der Waals surface area contributed by atoms with Crippen molar-refractivity contribution in [2.24, 2.45) is 0 Å². The first-order valence-corrected chi connectivity index (χ1v) is 6.13. The van der Waals surface area contributed by atoms with Crippen LogP contribution in [0.4, 0.5) is 0 Å². The summed E-state index contributed by atoms with van der Waals surface area (Å²) in [5, 5.41) is 3.67. The fourth-order valence-corrected chi connectivity index (χ4v) is 1.95. The Morgan fingerprint density at radius 1 is 1.33 bits per heavy atom. The van der Waals surface area contributed by atoms with E-state index in [1.165, 1.54) is 5.56 Å². The number of carbonyl (C=O) groups excluding carboxylic acids is 1. The van der Waals surface area contributed by atoms with E-state index in [0.29, 0.717) is 6.42 Å². The molecule has 18 heavy (non-hydrogen) atoms. The number of benzene rings is 1. The van der Waals surface area contributed by atoms with Crippen LogP contribution in [-0.4, -0.2) is 13.0 Å². The molecule has 0 aliphatic heterocycles. The summed E-state index contributed by atoms with van der Waals surface area (Å²) in [4.78, 5) is 11.5. The van der Waals surface area contributed by atoms with E-state index < -0.39 is 0 Å². The van der Waals surface area contributed by atoms with Gasteiger partial charge in [0.15, 0.2) is 0 Å². The van der Waals surface area contributed by atoms with Crippen LogP contribution in [0.1, 0.15) is 31.9 Å². The summed E-state index contributed by atoms with van der Waals surface area (Å²) in [5.41, 5.74) is 3.11. The van der Waals surface area contributed by atoms with Crippen molar-refractivity contribution in [1.29, 1.82) is 0 Å². The van der Waals surface area contributed by atoms with Gasteiger partial charge in [-0.1, -0.05) is 26.8 Å². The molecule has 1 heterocycles. The van der Waals surface area contributed by atoms with E-state index in [2.05, 4.69) is 38.2 Å². The maximum Gasteiger partial charge on any atom is 0.224 e. The molecule has 0 unspecified atom stereocenters. The zero-order chi connectivity index (χ0) is 13.3. The molecule has 96 valence electrons. The van der Waals surface area contributed by atoms with Crippen molar-refractivity contribution in [3.63, 3.8) is 0 Å². The SMILES string of the molecule is CNC(=O)Cc1coc2ccc(C(C)(C)C)cc12. The topological polar surface area (TPSA) is 42.2 Å². The molecule has 0 atom stereocenters. The average Bonchev–Trinajstić information content (AvgIpc) is 2.70. The zero-order valence-corrected chi connectivity index (χ0v) is 11.3. The smallest absolute Gasteiger partial charge is 0.224 e. The highest BCUT2D eigenvalue weighted by Crippen LogP contribution is 2.29. The largest absolute Gasteiger partial charge is 0.464 e. The van der Waals surface area contributed by atoms with E-state index in [9.17, 15) is 4.79 Å². The molecule has 2 aromatic rings. The molecule has 0 fully saturated rings. The summed E-state index contributed by atoms with van der Waals surface area (Å²) in [5.74, 6) is -0.00105. The van der Waals surface area contributed by atoms with Crippen molar-refractivity contribution in [3.05, 3.63) is 35.6 Å². The van der Waals surface area contributed by atoms with Crippen LogP contribution in [0.3, 0.4) is 0 Å². The summed E-state index contributed by atoms with van der Waals surface area (Å²) < 4.78 is 5.48. The van der Waals surface area contributed by atoms with Gasteiger partial charge in [-0.2, -0.15) is 0 Å². The number of fused-ring (bicyclic) bond motifs is 1. The van der Waals surface area contributed by atoms with Gasteiger partial charge in [0.05, 0.1) is 12.7 Å². The van der Waals surface area contributed by atoms with Crippen molar-refractivity contribution >= 4 is 16.9 Å². The molecule has 1 N–H and O–H groups in total. The Hall–Kier alpha value is -1.77. The number of amides is 1. The summed E-state index contributed by atoms with van der Waals surface area (Å²) in [6.07, 6.45) is 2.03. The van der Waals surface area contributed by atoms with E-state index >= 15 is 0 Å². The highest BCUT2D eigenvalue weighted by Gasteiger charge is 2.16. The lowest BCUT2D eigenvalue weighted by Crippen LogP contribution is -2.19. The maximum absolute atomic E-state index is 11.5. The minimum atomic E-state index is -0.00105. The molecule has 3 heteroatoms. The van der Waals surface area contributed by atoms with Gasteiger partial charge in [0.2, 0.25) is 5.91 Å². The van der Waals surface area contributed by atoms with Crippen LogP contribution in [-0.2, 0) is 16.6 Å². The molecule has 1 aromatic carbocycles. The van der Waals surface area contributed by atoms with Crippen LogP contribution in [0.5, 0.6) is 0 Å². The monoisotopic (exact) mass is 245 g/mol. The lowest BCUT2D eigenvalue weighted by atomic mass is 9.86. The van der Waals surface area contributed by atoms with Crippen molar-refractivity contribution in [2.75, 3.05) is 7.05 Å². The van der Waals surface area contributed by atoms with Gasteiger partial charge >= 0.3 is 0 Å². The lowest BCUT2D eigenvalue weighted by Gasteiger charge is -2.18. The number of likely N-dealkylation sites (N-methyl/N-ethyl adjacent to an activating group) is 1. The Bertz CT molecular complexity index is 576. The lowest BCUT2D eigenvalue weighted by molar-refractivity contribution is -0.119. The minimum absolute atomic E-state index is 0.00105. The number of nitrogens with one attached hydrogen (secondary N) is 1. The molecule has 0 aliphatic rings. The highest BCUT2D eigenvalue weighted by molar-refractivity contribution is 5.88. The molecule has 2 rings (SSSR count). The molecule has 0 spiro atoms. The van der Waals surface area contributed by atoms with Crippen molar-refractivity contribution in [3.8, 4) is 0 Å². The summed E-state index contributed by atoms with van der Waals surface area (Å²) in [6, 6.07) is 6.18. The molecule has 0 radical (unpaired) electrons. The number of carbonyl (C=O) groups is 1. The summed E-state index contributed by atoms with van der Waals surface area (Å²) in [7, 11) is 1.64. The fourth-order valence-electron chi connectivity index (χ4n) is 1.95. The Labute approximate surface area is 107 Å². The Morgan fingerprint density at radius 2 is 2.06 bits per heavy atom. The van der Waals surface area contributed by atoms with E-state index in [0.717, 1.165) is 16.5 Å². The second-order valence-corrected chi connectivity index (χ2v) is 5.57. The molecule has 0 saturated carbocycles. The van der Waals surface area contributed by atoms with Crippen LogP contribution >= 0.6 is 0 Å². The molecule has 1 amide bonds. The predicted octanol–water partition coefficient (Wildman–Crippen LogP) is 3.02. The molecule has 0 aliphatic carbocycles. The number of rotatable bonds is 2. The normalized spacial score (nSPS) is 11.8. The van der Waals surface area contributed by atoms with Gasteiger partial charge in [0.25, 0.3) is 0 Å². The average molecular weight is 245 g/mol. The first kappa shape index (κ1) is 12.7. The van der Waals surface area contributed by atoms with Crippen LogP contribution < -0.4 is 5.32 Å². The Kier molecular flexibility index (Phi) is 3.16. The maximum atomic E-state index is 11.5. The highest BCUT2D eigenvalue weighted by atomic mass is 16.3. The van der Waals surface area contributed by atoms with Crippen LogP contribution in [0.25, 0.3) is 11.0 Å². The summed E-state index contributed by atoms with van der Waals surface area (Å²) >= 11 is 0.